The molecule has 232 valence electrons. The molecule has 0 unspecified atom stereocenters. The van der Waals surface area contributed by atoms with E-state index in [2.05, 4.69) is 62.2 Å². The predicted molar refractivity (Wildman–Crippen MR) is 182 cm³/mol. The number of aromatic nitrogens is 1. The van der Waals surface area contributed by atoms with Crippen molar-refractivity contribution in [2.45, 2.75) is 85.5 Å². The number of fused-ring (bicyclic) bond motifs is 3. The van der Waals surface area contributed by atoms with E-state index in [-0.39, 0.29) is 18.2 Å². The van der Waals surface area contributed by atoms with Crippen molar-refractivity contribution in [2.24, 2.45) is 0 Å². The minimum Gasteiger partial charge on any atom is -0.496 e. The molecule has 1 N–H and O–H groups in total. The highest BCUT2D eigenvalue weighted by atomic mass is 32.1. The molecule has 4 rings (SSSR count). The molecule has 0 spiro atoms. The Morgan fingerprint density at radius 1 is 1.09 bits per heavy atom. The van der Waals surface area contributed by atoms with Crippen LogP contribution in [0.25, 0.3) is 32.1 Å². The predicted octanol–water partition coefficient (Wildman–Crippen LogP) is 8.45. The van der Waals surface area contributed by atoms with Crippen molar-refractivity contribution in [1.29, 1.82) is 0 Å². The molecule has 0 fully saturated rings. The first-order chi connectivity index (χ1) is 20.1. The molecule has 0 aliphatic heterocycles. The van der Waals surface area contributed by atoms with Crippen LogP contribution in [0.2, 0.25) is 25.7 Å². The molecule has 0 saturated heterocycles. The van der Waals surface area contributed by atoms with E-state index in [0.717, 1.165) is 59.9 Å². The zero-order valence-electron chi connectivity index (χ0n) is 27.3. The van der Waals surface area contributed by atoms with E-state index in [1.165, 1.54) is 11.3 Å². The Morgan fingerprint density at radius 2 is 1.77 bits per heavy atom. The van der Waals surface area contributed by atoms with Gasteiger partial charge in [-0.05, 0) is 75.4 Å². The maximum Gasteiger partial charge on any atom is 0.407 e. The van der Waals surface area contributed by atoms with Crippen molar-refractivity contribution in [2.75, 3.05) is 20.3 Å². The van der Waals surface area contributed by atoms with Crippen molar-refractivity contribution >= 4 is 46.5 Å². The highest BCUT2D eigenvalue weighted by Crippen LogP contribution is 2.43. The summed E-state index contributed by atoms with van der Waals surface area (Å²) in [6.07, 6.45) is -0.419. The minimum atomic E-state index is -1.27. The molecular formula is C34H46N2O5SSi. The first kappa shape index (κ1) is 32.8. The van der Waals surface area contributed by atoms with Crippen LogP contribution >= 0.6 is 11.3 Å². The van der Waals surface area contributed by atoms with Gasteiger partial charge >= 0.3 is 6.09 Å². The number of hydrogen-bond acceptors (Lipinski definition) is 6. The number of carbonyl (C=O) groups excluding carboxylic acids is 1. The fourth-order valence-electron chi connectivity index (χ4n) is 5.22. The lowest BCUT2D eigenvalue weighted by atomic mass is 9.92. The Hall–Kier alpha value is -3.14. The van der Waals surface area contributed by atoms with E-state index in [1.54, 1.807) is 11.7 Å². The molecule has 0 aliphatic carbocycles. The fourth-order valence-corrected chi connectivity index (χ4v) is 6.94. The molecule has 1 amide bonds. The molecule has 2 heterocycles. The largest absolute Gasteiger partial charge is 0.496 e. The second-order valence-corrected chi connectivity index (χ2v) is 20.5. The van der Waals surface area contributed by atoms with Crippen LogP contribution < -0.4 is 15.6 Å². The number of pyridine rings is 1. The molecule has 9 heteroatoms. The van der Waals surface area contributed by atoms with E-state index < -0.39 is 19.8 Å². The number of amides is 1. The number of thiophene rings is 1. The van der Waals surface area contributed by atoms with Crippen LogP contribution in [0.5, 0.6) is 5.75 Å². The van der Waals surface area contributed by atoms with Crippen LogP contribution in [0.15, 0.2) is 41.2 Å². The van der Waals surface area contributed by atoms with Gasteiger partial charge in [0.05, 0.1) is 12.6 Å². The van der Waals surface area contributed by atoms with Gasteiger partial charge in [0.15, 0.2) is 0 Å². The molecular weight excluding hydrogens is 577 g/mol. The highest BCUT2D eigenvalue weighted by Gasteiger charge is 2.23. The van der Waals surface area contributed by atoms with Crippen LogP contribution in [-0.4, -0.2) is 44.6 Å². The highest BCUT2D eigenvalue weighted by molar-refractivity contribution is 7.19. The summed E-state index contributed by atoms with van der Waals surface area (Å²) in [5.41, 5.74) is 4.32. The van der Waals surface area contributed by atoms with E-state index in [4.69, 9.17) is 14.2 Å². The van der Waals surface area contributed by atoms with Crippen LogP contribution in [0.3, 0.4) is 0 Å². The van der Waals surface area contributed by atoms with Gasteiger partial charge in [-0.25, -0.2) is 4.79 Å². The number of ether oxygens (including phenoxy) is 3. The maximum atomic E-state index is 13.8. The van der Waals surface area contributed by atoms with Crippen molar-refractivity contribution in [3.63, 3.8) is 0 Å². The zero-order chi connectivity index (χ0) is 31.7. The molecule has 1 atom stereocenters. The normalized spacial score (nSPS) is 13.0. The molecule has 2 aromatic carbocycles. The number of aryl methyl sites for hydroxylation is 2. The summed E-state index contributed by atoms with van der Waals surface area (Å²) in [4.78, 5) is 27.1. The second-order valence-electron chi connectivity index (χ2n) is 13.6. The molecule has 0 bridgehead atoms. The molecule has 0 saturated carbocycles. The third-order valence-corrected chi connectivity index (χ3v) is 10.2. The molecule has 43 heavy (non-hydrogen) atoms. The number of methoxy groups -OCH3 is 1. The summed E-state index contributed by atoms with van der Waals surface area (Å²) < 4.78 is 20.0. The summed E-state index contributed by atoms with van der Waals surface area (Å²) in [6, 6.07) is 13.5. The van der Waals surface area contributed by atoms with Crippen molar-refractivity contribution in [3.8, 4) is 16.9 Å². The van der Waals surface area contributed by atoms with Gasteiger partial charge < -0.3 is 19.5 Å². The van der Waals surface area contributed by atoms with Crippen LogP contribution in [0, 0.1) is 13.8 Å². The molecule has 0 aliphatic rings. The van der Waals surface area contributed by atoms with Crippen molar-refractivity contribution in [3.05, 3.63) is 62.8 Å². The maximum absolute atomic E-state index is 13.8. The third kappa shape index (κ3) is 7.69. The number of nitrogens with zero attached hydrogens (tertiary/aromatic N) is 1. The van der Waals surface area contributed by atoms with Gasteiger partial charge in [0, 0.05) is 42.4 Å². The molecule has 2 aromatic heterocycles. The average molecular weight is 623 g/mol. The first-order valence-electron chi connectivity index (χ1n) is 14.9. The number of alkyl carbamates (subject to hydrolysis) is 1. The lowest BCUT2D eigenvalue weighted by Crippen LogP contribution is -2.34. The number of hydrogen-bond donors (Lipinski definition) is 1. The third-order valence-electron chi connectivity index (χ3n) is 7.44. The topological polar surface area (TPSA) is 78.8 Å². The lowest BCUT2D eigenvalue weighted by Gasteiger charge is -2.21. The number of nitrogens with one attached hydrogen (secondary N) is 1. The van der Waals surface area contributed by atoms with Gasteiger partial charge in [-0.2, -0.15) is 0 Å². The van der Waals surface area contributed by atoms with Gasteiger partial charge in [-0.15, -0.1) is 11.3 Å². The van der Waals surface area contributed by atoms with E-state index >= 15 is 0 Å². The van der Waals surface area contributed by atoms with Crippen LogP contribution in [0.4, 0.5) is 4.79 Å². The Balaban J connectivity index is 1.78. The van der Waals surface area contributed by atoms with Gasteiger partial charge in [-0.3, -0.25) is 9.36 Å². The van der Waals surface area contributed by atoms with Crippen LogP contribution in [0.1, 0.15) is 49.6 Å². The average Bonchev–Trinajstić information content (AvgIpc) is 3.31. The van der Waals surface area contributed by atoms with E-state index in [9.17, 15) is 9.59 Å². The summed E-state index contributed by atoms with van der Waals surface area (Å²) in [6.45, 7) is 20.0. The monoisotopic (exact) mass is 622 g/mol. The van der Waals surface area contributed by atoms with Gasteiger partial charge in [0.1, 0.15) is 22.8 Å². The Morgan fingerprint density at radius 3 is 2.37 bits per heavy atom. The number of carbonyl (C=O) groups is 1. The number of benzene rings is 2. The smallest absolute Gasteiger partial charge is 0.407 e. The Bertz CT molecular complexity index is 1680. The van der Waals surface area contributed by atoms with Crippen LogP contribution in [-0.2, 0) is 16.2 Å². The van der Waals surface area contributed by atoms with Gasteiger partial charge in [0.2, 0.25) is 0 Å². The Labute approximate surface area is 260 Å². The lowest BCUT2D eigenvalue weighted by molar-refractivity contribution is 0.0525. The molecule has 7 nitrogen and oxygen atoms in total. The molecule has 4 aromatic rings. The summed E-state index contributed by atoms with van der Waals surface area (Å²) in [5, 5.41) is 4.81. The SMILES string of the molecule is COc1cc(C)c2c(c1-c1ccc([C@@H](C)CNC(=O)OC(C)(C)C)cc1)c1cc(C)sc1c(=O)n2COCC[Si](C)(C)C. The minimum absolute atomic E-state index is 0.0190. The summed E-state index contributed by atoms with van der Waals surface area (Å²) in [5.74, 6) is 0.843. The van der Waals surface area contributed by atoms with Gasteiger partial charge in [0.25, 0.3) is 5.56 Å². The fraction of sp³-hybridized carbons (Fsp3) is 0.471. The standard InChI is InChI=1S/C34H46N2O5SSi/c1-21-17-27(39-7)28(25-13-11-24(12-14-25)22(2)19-35-33(38)41-34(4,5)6)29-26-18-23(3)42-31(26)32(37)36(30(21)29)20-40-15-16-43(8,9)10/h11-14,17-18,22H,15-16,19-20H2,1-10H3,(H,35,38)/t22-/m0/s1. The van der Waals surface area contributed by atoms with Crippen molar-refractivity contribution < 1.29 is 19.0 Å². The second kappa shape index (κ2) is 12.8. The summed E-state index contributed by atoms with van der Waals surface area (Å²) in [7, 11) is 0.422. The first-order valence-corrected chi connectivity index (χ1v) is 19.4. The van der Waals surface area contributed by atoms with E-state index in [0.29, 0.717) is 13.2 Å². The van der Waals surface area contributed by atoms with E-state index in [1.807, 2.05) is 40.7 Å². The quantitative estimate of drug-likeness (QED) is 0.142. The summed E-state index contributed by atoms with van der Waals surface area (Å²) >= 11 is 1.52. The van der Waals surface area contributed by atoms with Gasteiger partial charge in [-0.1, -0.05) is 50.8 Å². The Kier molecular flexibility index (Phi) is 9.78. The zero-order valence-corrected chi connectivity index (χ0v) is 29.1. The van der Waals surface area contributed by atoms with Crippen molar-refractivity contribution in [1.82, 2.24) is 9.88 Å². The molecule has 0 radical (unpaired) electrons. The number of rotatable bonds is 10.